The highest BCUT2D eigenvalue weighted by atomic mass is 32.1. The molecule has 0 radical (unpaired) electrons. The second kappa shape index (κ2) is 6.36. The maximum atomic E-state index is 12.6. The Balaban J connectivity index is 2.16. The van der Waals surface area contributed by atoms with Gasteiger partial charge < -0.3 is 4.57 Å². The Kier molecular flexibility index (Phi) is 4.41. The van der Waals surface area contributed by atoms with Crippen LogP contribution in [0.25, 0.3) is 10.2 Å². The molecule has 0 aliphatic heterocycles. The molecule has 0 fully saturated rings. The van der Waals surface area contributed by atoms with Crippen LogP contribution < -0.4 is 4.80 Å². The van der Waals surface area contributed by atoms with E-state index in [1.165, 1.54) is 11.1 Å². The van der Waals surface area contributed by atoms with Crippen molar-refractivity contribution in [1.82, 2.24) is 14.3 Å². The van der Waals surface area contributed by atoms with E-state index in [1.54, 1.807) is 28.3 Å². The summed E-state index contributed by atoms with van der Waals surface area (Å²) in [6, 6.07) is 6.19. The van der Waals surface area contributed by atoms with Crippen LogP contribution in [0.15, 0.2) is 29.4 Å². The van der Waals surface area contributed by atoms with Gasteiger partial charge in [-0.1, -0.05) is 11.3 Å². The van der Waals surface area contributed by atoms with Crippen molar-refractivity contribution in [3.8, 4) is 0 Å². The number of hydrogen-bond donors (Lipinski definition) is 0. The fraction of sp³-hybridized carbons (Fsp3) is 0.389. The van der Waals surface area contributed by atoms with Gasteiger partial charge in [0.25, 0.3) is 5.91 Å². The van der Waals surface area contributed by atoms with Crippen LogP contribution in [-0.4, -0.2) is 20.3 Å². The van der Waals surface area contributed by atoms with E-state index in [1.807, 2.05) is 13.8 Å². The van der Waals surface area contributed by atoms with Gasteiger partial charge in [0.15, 0.2) is 4.80 Å². The standard InChI is InChI=1S/C18H22N4OS/c1-6-21-15-9-12(4)13(5)10-16(15)24-18(21)20-17(23)14-7-8-19-22(14)11(2)3/h7-11H,6H2,1-5H3. The molecule has 3 rings (SSSR count). The minimum Gasteiger partial charge on any atom is -0.317 e. The Morgan fingerprint density at radius 2 is 2.00 bits per heavy atom. The molecule has 2 aromatic heterocycles. The number of aryl methyl sites for hydroxylation is 3. The third kappa shape index (κ3) is 2.82. The molecule has 0 saturated heterocycles. The zero-order valence-electron chi connectivity index (χ0n) is 14.7. The first-order valence-electron chi connectivity index (χ1n) is 8.15. The molecule has 126 valence electrons. The van der Waals surface area contributed by atoms with E-state index in [4.69, 9.17) is 0 Å². The van der Waals surface area contributed by atoms with E-state index < -0.39 is 0 Å². The van der Waals surface area contributed by atoms with E-state index in [-0.39, 0.29) is 11.9 Å². The van der Waals surface area contributed by atoms with Crippen LogP contribution in [0.1, 0.15) is 48.4 Å². The maximum Gasteiger partial charge on any atom is 0.297 e. The summed E-state index contributed by atoms with van der Waals surface area (Å²) in [6.45, 7) is 11.1. The van der Waals surface area contributed by atoms with Crippen LogP contribution in [0.3, 0.4) is 0 Å². The van der Waals surface area contributed by atoms with Crippen LogP contribution in [0.2, 0.25) is 0 Å². The monoisotopic (exact) mass is 342 g/mol. The molecule has 0 saturated carbocycles. The summed E-state index contributed by atoms with van der Waals surface area (Å²) in [5.41, 5.74) is 4.16. The van der Waals surface area contributed by atoms with Gasteiger partial charge in [-0.2, -0.15) is 10.1 Å². The molecular formula is C18H22N4OS. The zero-order valence-corrected chi connectivity index (χ0v) is 15.5. The lowest BCUT2D eigenvalue weighted by atomic mass is 10.1. The van der Waals surface area contributed by atoms with Crippen molar-refractivity contribution in [3.63, 3.8) is 0 Å². The van der Waals surface area contributed by atoms with Crippen molar-refractivity contribution >= 4 is 27.5 Å². The minimum atomic E-state index is -0.247. The molecule has 1 aromatic carbocycles. The molecule has 0 spiro atoms. The van der Waals surface area contributed by atoms with E-state index >= 15 is 0 Å². The average molecular weight is 342 g/mol. The number of nitrogens with zero attached hydrogens (tertiary/aromatic N) is 4. The molecule has 5 nitrogen and oxygen atoms in total. The minimum absolute atomic E-state index is 0.125. The van der Waals surface area contributed by atoms with Crippen LogP contribution in [-0.2, 0) is 6.54 Å². The van der Waals surface area contributed by atoms with Crippen molar-refractivity contribution in [3.05, 3.63) is 46.0 Å². The number of benzene rings is 1. The molecule has 1 amide bonds. The second-order valence-corrected chi connectivity index (χ2v) is 7.21. The molecule has 3 aromatic rings. The average Bonchev–Trinajstić information content (AvgIpc) is 3.12. The van der Waals surface area contributed by atoms with E-state index in [0.717, 1.165) is 21.6 Å². The molecule has 24 heavy (non-hydrogen) atoms. The summed E-state index contributed by atoms with van der Waals surface area (Å²) in [5, 5.41) is 4.22. The number of amides is 1. The number of thiazole rings is 1. The normalized spacial score (nSPS) is 12.5. The number of fused-ring (bicyclic) bond motifs is 1. The summed E-state index contributed by atoms with van der Waals surface area (Å²) < 4.78 is 4.97. The maximum absolute atomic E-state index is 12.6. The van der Waals surface area contributed by atoms with Crippen molar-refractivity contribution < 1.29 is 4.79 Å². The van der Waals surface area contributed by atoms with Crippen LogP contribution in [0, 0.1) is 13.8 Å². The number of hydrogen-bond acceptors (Lipinski definition) is 3. The van der Waals surface area contributed by atoms with Crippen molar-refractivity contribution in [2.45, 2.75) is 47.2 Å². The first kappa shape index (κ1) is 16.6. The van der Waals surface area contributed by atoms with Crippen LogP contribution in [0.4, 0.5) is 0 Å². The van der Waals surface area contributed by atoms with E-state index in [2.05, 4.69) is 47.6 Å². The summed E-state index contributed by atoms with van der Waals surface area (Å²) in [4.78, 5) is 17.8. The van der Waals surface area contributed by atoms with Crippen LogP contribution >= 0.6 is 11.3 Å². The summed E-state index contributed by atoms with van der Waals surface area (Å²) >= 11 is 1.56. The fourth-order valence-corrected chi connectivity index (χ4v) is 3.92. The predicted molar refractivity (Wildman–Crippen MR) is 97.5 cm³/mol. The van der Waals surface area contributed by atoms with Crippen LogP contribution in [0.5, 0.6) is 0 Å². The highest BCUT2D eigenvalue weighted by Crippen LogP contribution is 2.22. The Hall–Kier alpha value is -2.21. The number of aromatic nitrogens is 3. The molecule has 6 heteroatoms. The van der Waals surface area contributed by atoms with Gasteiger partial charge in [0.1, 0.15) is 5.69 Å². The summed E-state index contributed by atoms with van der Waals surface area (Å²) in [6.07, 6.45) is 1.65. The molecule has 0 unspecified atom stereocenters. The first-order valence-corrected chi connectivity index (χ1v) is 8.97. The van der Waals surface area contributed by atoms with E-state index in [9.17, 15) is 4.79 Å². The van der Waals surface area contributed by atoms with E-state index in [0.29, 0.717) is 5.69 Å². The predicted octanol–water partition coefficient (Wildman–Crippen LogP) is 3.86. The quantitative estimate of drug-likeness (QED) is 0.726. The SMILES string of the molecule is CCn1c(=NC(=O)c2ccnn2C(C)C)sc2cc(C)c(C)cc21. The Bertz CT molecular complexity index is 975. The van der Waals surface area contributed by atoms with Crippen molar-refractivity contribution in [1.29, 1.82) is 0 Å². The first-order chi connectivity index (χ1) is 11.4. The highest BCUT2D eigenvalue weighted by Gasteiger charge is 2.14. The molecule has 0 atom stereocenters. The van der Waals surface area contributed by atoms with Gasteiger partial charge in [0.05, 0.1) is 10.2 Å². The molecule has 0 aliphatic carbocycles. The topological polar surface area (TPSA) is 52.2 Å². The lowest BCUT2D eigenvalue weighted by Crippen LogP contribution is -2.18. The zero-order chi connectivity index (χ0) is 17.4. The molecule has 0 aliphatic rings. The Labute approximate surface area is 145 Å². The third-order valence-corrected chi connectivity index (χ3v) is 5.23. The Morgan fingerprint density at radius 3 is 2.67 bits per heavy atom. The fourth-order valence-electron chi connectivity index (χ4n) is 2.75. The second-order valence-electron chi connectivity index (χ2n) is 6.20. The lowest BCUT2D eigenvalue weighted by molar-refractivity contribution is 0.0986. The number of rotatable bonds is 3. The van der Waals surface area contributed by atoms with Crippen molar-refractivity contribution in [2.75, 3.05) is 0 Å². The Morgan fingerprint density at radius 1 is 1.29 bits per heavy atom. The third-order valence-electron chi connectivity index (χ3n) is 4.19. The highest BCUT2D eigenvalue weighted by molar-refractivity contribution is 7.16. The van der Waals surface area contributed by atoms with Gasteiger partial charge in [0, 0.05) is 18.8 Å². The van der Waals surface area contributed by atoms with Gasteiger partial charge in [-0.15, -0.1) is 0 Å². The van der Waals surface area contributed by atoms with Gasteiger partial charge in [-0.05, 0) is 63.9 Å². The largest absolute Gasteiger partial charge is 0.317 e. The summed E-state index contributed by atoms with van der Waals surface area (Å²) in [5.74, 6) is -0.247. The summed E-state index contributed by atoms with van der Waals surface area (Å²) in [7, 11) is 0. The molecule has 0 bridgehead atoms. The molecule has 0 N–H and O–H groups in total. The lowest BCUT2D eigenvalue weighted by Gasteiger charge is -2.07. The molecular weight excluding hydrogens is 320 g/mol. The molecule has 2 heterocycles. The van der Waals surface area contributed by atoms with Gasteiger partial charge in [0.2, 0.25) is 0 Å². The smallest absolute Gasteiger partial charge is 0.297 e. The van der Waals surface area contributed by atoms with Gasteiger partial charge in [-0.3, -0.25) is 9.48 Å². The number of carbonyl (C=O) groups is 1. The number of carbonyl (C=O) groups excluding carboxylic acids is 1. The van der Waals surface area contributed by atoms with Gasteiger partial charge in [-0.25, -0.2) is 0 Å². The van der Waals surface area contributed by atoms with Gasteiger partial charge >= 0.3 is 0 Å². The van der Waals surface area contributed by atoms with Crippen molar-refractivity contribution in [2.24, 2.45) is 4.99 Å².